The Kier molecular flexibility index (Phi) is 4.42. The van der Waals surface area contributed by atoms with Crippen LogP contribution in [0.15, 0.2) is 47.4 Å². The van der Waals surface area contributed by atoms with E-state index in [0.29, 0.717) is 13.1 Å². The monoisotopic (exact) mass is 354 g/mol. The lowest BCUT2D eigenvalue weighted by molar-refractivity contribution is 0.378. The van der Waals surface area contributed by atoms with Crippen molar-refractivity contribution in [1.29, 1.82) is 0 Å². The Morgan fingerprint density at radius 1 is 0.875 bits per heavy atom. The Labute approximate surface area is 138 Å². The molecule has 0 radical (unpaired) electrons. The lowest BCUT2D eigenvalue weighted by Crippen LogP contribution is -2.49. The maximum absolute atomic E-state index is 13.8. The van der Waals surface area contributed by atoms with E-state index in [2.05, 4.69) is 0 Å². The summed E-state index contributed by atoms with van der Waals surface area (Å²) in [6, 6.07) is 9.56. The van der Waals surface area contributed by atoms with Crippen LogP contribution >= 0.6 is 0 Å². The van der Waals surface area contributed by atoms with Gasteiger partial charge in [0.1, 0.15) is 17.4 Å². The van der Waals surface area contributed by atoms with Crippen molar-refractivity contribution in [3.8, 4) is 5.75 Å². The molecule has 1 N–H and O–H groups in total. The fourth-order valence-corrected chi connectivity index (χ4v) is 4.24. The quantitative estimate of drug-likeness (QED) is 0.918. The molecule has 1 aliphatic heterocycles. The number of rotatable bonds is 3. The molecule has 0 atom stereocenters. The zero-order valence-corrected chi connectivity index (χ0v) is 13.5. The molecule has 0 aliphatic carbocycles. The van der Waals surface area contributed by atoms with Crippen molar-refractivity contribution in [2.75, 3.05) is 31.1 Å². The molecule has 1 aliphatic rings. The maximum atomic E-state index is 13.8. The van der Waals surface area contributed by atoms with Crippen molar-refractivity contribution in [3.63, 3.8) is 0 Å². The highest BCUT2D eigenvalue weighted by atomic mass is 32.2. The summed E-state index contributed by atoms with van der Waals surface area (Å²) in [6.45, 7) is 1.02. The van der Waals surface area contributed by atoms with Gasteiger partial charge in [0.25, 0.3) is 0 Å². The Hall–Kier alpha value is -2.19. The van der Waals surface area contributed by atoms with E-state index in [1.54, 1.807) is 24.3 Å². The van der Waals surface area contributed by atoms with E-state index in [-0.39, 0.29) is 18.8 Å². The topological polar surface area (TPSA) is 60.9 Å². The summed E-state index contributed by atoms with van der Waals surface area (Å²) in [7, 11) is -4.22. The normalized spacial score (nSPS) is 16.3. The second-order valence-electron chi connectivity index (χ2n) is 5.46. The van der Waals surface area contributed by atoms with E-state index < -0.39 is 26.6 Å². The van der Waals surface area contributed by atoms with Crippen molar-refractivity contribution in [2.45, 2.75) is 4.90 Å². The number of phenols is 1. The van der Waals surface area contributed by atoms with Crippen LogP contribution in [-0.4, -0.2) is 44.0 Å². The third kappa shape index (κ3) is 3.07. The van der Waals surface area contributed by atoms with Crippen molar-refractivity contribution in [2.24, 2.45) is 0 Å². The number of sulfonamides is 1. The van der Waals surface area contributed by atoms with Crippen LogP contribution < -0.4 is 4.90 Å². The molecule has 0 unspecified atom stereocenters. The molecule has 24 heavy (non-hydrogen) atoms. The van der Waals surface area contributed by atoms with Crippen LogP contribution in [0.5, 0.6) is 5.75 Å². The van der Waals surface area contributed by atoms with Gasteiger partial charge >= 0.3 is 0 Å². The number of anilines is 1. The number of nitrogens with zero attached hydrogens (tertiary/aromatic N) is 2. The molecule has 2 aromatic carbocycles. The van der Waals surface area contributed by atoms with Crippen LogP contribution in [0.25, 0.3) is 0 Å². The van der Waals surface area contributed by atoms with Crippen LogP contribution in [0.3, 0.4) is 0 Å². The van der Waals surface area contributed by atoms with Crippen molar-refractivity contribution >= 4 is 15.7 Å². The third-order valence-corrected chi connectivity index (χ3v) is 5.92. The van der Waals surface area contributed by atoms with E-state index >= 15 is 0 Å². The molecule has 0 amide bonds. The molecule has 1 heterocycles. The fourth-order valence-electron chi connectivity index (χ4n) is 2.71. The Bertz CT molecular complexity index is 813. The number of phenolic OH excluding ortho intramolecular Hbond substituents is 1. The first-order valence-electron chi connectivity index (χ1n) is 7.38. The van der Waals surface area contributed by atoms with Gasteiger partial charge in [-0.1, -0.05) is 6.07 Å². The second-order valence-corrected chi connectivity index (χ2v) is 7.33. The first-order valence-corrected chi connectivity index (χ1v) is 8.82. The Morgan fingerprint density at radius 2 is 1.42 bits per heavy atom. The fraction of sp³-hybridized carbons (Fsp3) is 0.250. The molecule has 1 fully saturated rings. The van der Waals surface area contributed by atoms with Gasteiger partial charge in [-0.15, -0.1) is 0 Å². The summed E-state index contributed by atoms with van der Waals surface area (Å²) in [5.41, 5.74) is 0.849. The molecule has 5 nitrogen and oxygen atoms in total. The minimum atomic E-state index is -4.22. The molecule has 0 aromatic heterocycles. The van der Waals surface area contributed by atoms with Crippen molar-refractivity contribution in [1.82, 2.24) is 4.31 Å². The van der Waals surface area contributed by atoms with Gasteiger partial charge in [0.2, 0.25) is 10.0 Å². The van der Waals surface area contributed by atoms with Gasteiger partial charge in [0.15, 0.2) is 4.90 Å². The lowest BCUT2D eigenvalue weighted by atomic mass is 10.2. The second kappa shape index (κ2) is 6.37. The highest BCUT2D eigenvalue weighted by Crippen LogP contribution is 2.25. The number of benzene rings is 2. The zero-order chi connectivity index (χ0) is 17.3. The summed E-state index contributed by atoms with van der Waals surface area (Å²) < 4.78 is 53.7. The van der Waals surface area contributed by atoms with E-state index in [9.17, 15) is 22.3 Å². The average molecular weight is 354 g/mol. The predicted molar refractivity (Wildman–Crippen MR) is 85.4 cm³/mol. The molecule has 1 saturated heterocycles. The Balaban J connectivity index is 1.77. The van der Waals surface area contributed by atoms with Crippen LogP contribution in [0, 0.1) is 11.6 Å². The van der Waals surface area contributed by atoms with Gasteiger partial charge in [0.05, 0.1) is 0 Å². The van der Waals surface area contributed by atoms with Crippen LogP contribution in [0.4, 0.5) is 14.5 Å². The summed E-state index contributed by atoms with van der Waals surface area (Å²) in [6.07, 6.45) is 0. The zero-order valence-electron chi connectivity index (χ0n) is 12.7. The largest absolute Gasteiger partial charge is 0.508 e. The number of piperazine rings is 1. The maximum Gasteiger partial charge on any atom is 0.249 e. The minimum Gasteiger partial charge on any atom is -0.508 e. The van der Waals surface area contributed by atoms with Crippen molar-refractivity contribution in [3.05, 3.63) is 54.1 Å². The summed E-state index contributed by atoms with van der Waals surface area (Å²) >= 11 is 0. The van der Waals surface area contributed by atoms with Gasteiger partial charge < -0.3 is 10.0 Å². The van der Waals surface area contributed by atoms with Gasteiger partial charge in [-0.2, -0.15) is 4.31 Å². The third-order valence-electron chi connectivity index (χ3n) is 3.97. The molecule has 0 spiro atoms. The highest BCUT2D eigenvalue weighted by Gasteiger charge is 2.33. The smallest absolute Gasteiger partial charge is 0.249 e. The molecular formula is C16H16F2N2O3S. The number of hydrogen-bond donors (Lipinski definition) is 1. The van der Waals surface area contributed by atoms with Gasteiger partial charge in [0, 0.05) is 31.9 Å². The Morgan fingerprint density at radius 3 is 1.96 bits per heavy atom. The number of halogens is 2. The van der Waals surface area contributed by atoms with Gasteiger partial charge in [-0.05, 0) is 36.4 Å². The van der Waals surface area contributed by atoms with Crippen LogP contribution in [0.2, 0.25) is 0 Å². The molecule has 8 heteroatoms. The van der Waals surface area contributed by atoms with E-state index in [1.165, 1.54) is 0 Å². The summed E-state index contributed by atoms with van der Waals surface area (Å²) in [5.74, 6) is -2.03. The minimum absolute atomic E-state index is 0.122. The number of aromatic hydroxyl groups is 1. The molecule has 128 valence electrons. The van der Waals surface area contributed by atoms with Gasteiger partial charge in [-0.3, -0.25) is 0 Å². The number of hydrogen-bond acceptors (Lipinski definition) is 4. The van der Waals surface area contributed by atoms with Crippen molar-refractivity contribution < 1.29 is 22.3 Å². The molecular weight excluding hydrogens is 338 g/mol. The summed E-state index contributed by atoms with van der Waals surface area (Å²) in [5, 5.41) is 9.30. The van der Waals surface area contributed by atoms with E-state index in [1.807, 2.05) is 4.90 Å². The average Bonchev–Trinajstić information content (AvgIpc) is 2.55. The molecule has 3 rings (SSSR count). The summed E-state index contributed by atoms with van der Waals surface area (Å²) in [4.78, 5) is 1.05. The van der Waals surface area contributed by atoms with Gasteiger partial charge in [-0.25, -0.2) is 17.2 Å². The first-order chi connectivity index (χ1) is 11.4. The van der Waals surface area contributed by atoms with E-state index in [4.69, 9.17) is 0 Å². The molecule has 0 bridgehead atoms. The SMILES string of the molecule is O=S(=O)(c1c(F)cccc1F)N1CCN(c2ccc(O)cc2)CC1. The molecule has 2 aromatic rings. The standard InChI is InChI=1S/C16H16F2N2O3S/c17-14-2-1-3-15(18)16(14)24(22,23)20-10-8-19(9-11-20)12-4-6-13(21)7-5-12/h1-7,21H,8-11H2. The van der Waals surface area contributed by atoms with E-state index in [0.717, 1.165) is 28.2 Å². The lowest BCUT2D eigenvalue weighted by Gasteiger charge is -2.35. The van der Waals surface area contributed by atoms with Crippen LogP contribution in [0.1, 0.15) is 0 Å². The predicted octanol–water partition coefficient (Wildman–Crippen LogP) is 2.18. The first kappa shape index (κ1) is 16.7. The molecule has 0 saturated carbocycles. The van der Waals surface area contributed by atoms with Crippen LogP contribution in [-0.2, 0) is 10.0 Å². The highest BCUT2D eigenvalue weighted by molar-refractivity contribution is 7.89.